The van der Waals surface area contributed by atoms with Crippen molar-refractivity contribution in [3.63, 3.8) is 0 Å². The number of hydrogen-bond donors (Lipinski definition) is 0. The summed E-state index contributed by atoms with van der Waals surface area (Å²) in [4.78, 5) is 18.4. The van der Waals surface area contributed by atoms with Crippen LogP contribution in [0, 0.1) is 0 Å². The van der Waals surface area contributed by atoms with Crippen molar-refractivity contribution in [3.05, 3.63) is 72.8 Å². The number of rotatable bonds is 4. The predicted molar refractivity (Wildman–Crippen MR) is 115 cm³/mol. The Labute approximate surface area is 165 Å². The number of carbonyl (C=O) groups is 1. The van der Waals surface area contributed by atoms with E-state index in [-0.39, 0.29) is 11.2 Å². The minimum atomic E-state index is -0.0746. The van der Waals surface area contributed by atoms with Gasteiger partial charge in [0, 0.05) is 36.8 Å². The molecular formula is C23H24N2OS. The smallest absolute Gasteiger partial charge is 0.235 e. The summed E-state index contributed by atoms with van der Waals surface area (Å²) < 4.78 is 0. The maximum Gasteiger partial charge on any atom is 0.235 e. The van der Waals surface area contributed by atoms with Gasteiger partial charge in [-0.2, -0.15) is 0 Å². The van der Waals surface area contributed by atoms with Gasteiger partial charge in [0.1, 0.15) is 0 Å². The first-order valence-electron chi connectivity index (χ1n) is 9.45. The molecule has 1 saturated heterocycles. The van der Waals surface area contributed by atoms with E-state index in [1.54, 1.807) is 11.8 Å². The average Bonchev–Trinajstić information content (AvgIpc) is 2.74. The topological polar surface area (TPSA) is 23.6 Å². The molecule has 1 fully saturated rings. The zero-order chi connectivity index (χ0) is 18.6. The lowest BCUT2D eigenvalue weighted by Gasteiger charge is -2.37. The second-order valence-electron chi connectivity index (χ2n) is 6.92. The van der Waals surface area contributed by atoms with Gasteiger partial charge in [-0.1, -0.05) is 48.5 Å². The molecule has 0 bridgehead atoms. The van der Waals surface area contributed by atoms with Gasteiger partial charge in [-0.3, -0.25) is 4.79 Å². The highest BCUT2D eigenvalue weighted by Crippen LogP contribution is 2.28. The molecule has 0 spiro atoms. The molecule has 0 aromatic heterocycles. The van der Waals surface area contributed by atoms with Crippen molar-refractivity contribution in [3.8, 4) is 0 Å². The van der Waals surface area contributed by atoms with Gasteiger partial charge in [0.2, 0.25) is 5.91 Å². The molecule has 1 amide bonds. The van der Waals surface area contributed by atoms with Gasteiger partial charge in [-0.25, -0.2) is 0 Å². The highest BCUT2D eigenvalue weighted by atomic mass is 32.2. The molecule has 0 aliphatic carbocycles. The van der Waals surface area contributed by atoms with E-state index < -0.39 is 0 Å². The van der Waals surface area contributed by atoms with Crippen molar-refractivity contribution in [2.45, 2.75) is 17.1 Å². The first-order valence-corrected chi connectivity index (χ1v) is 10.3. The number of piperazine rings is 1. The zero-order valence-corrected chi connectivity index (χ0v) is 16.4. The third kappa shape index (κ3) is 4.11. The van der Waals surface area contributed by atoms with Gasteiger partial charge in [-0.15, -0.1) is 11.8 Å². The first kappa shape index (κ1) is 17.9. The van der Waals surface area contributed by atoms with Crippen molar-refractivity contribution in [2.75, 3.05) is 31.1 Å². The summed E-state index contributed by atoms with van der Waals surface area (Å²) in [5.41, 5.74) is 1.24. The van der Waals surface area contributed by atoms with Crippen LogP contribution < -0.4 is 4.90 Å². The minimum absolute atomic E-state index is 0.0746. The van der Waals surface area contributed by atoms with Gasteiger partial charge in [-0.05, 0) is 42.0 Å². The number of hydrogen-bond acceptors (Lipinski definition) is 3. The molecule has 3 aromatic carbocycles. The van der Waals surface area contributed by atoms with Crippen molar-refractivity contribution in [1.82, 2.24) is 4.90 Å². The maximum atomic E-state index is 12.9. The lowest BCUT2D eigenvalue weighted by atomic mass is 10.1. The number of nitrogens with zero attached hydrogens (tertiary/aromatic N) is 2. The Balaban J connectivity index is 1.36. The van der Waals surface area contributed by atoms with E-state index in [1.807, 2.05) is 17.9 Å². The molecule has 1 unspecified atom stereocenters. The molecule has 3 aromatic rings. The van der Waals surface area contributed by atoms with Crippen molar-refractivity contribution >= 4 is 34.1 Å². The SMILES string of the molecule is CC(Sc1ccc2ccccc2c1)C(=O)N1CCN(c2ccccc2)CC1. The normalized spacial score (nSPS) is 15.7. The Hall–Kier alpha value is -2.46. The van der Waals surface area contributed by atoms with Crippen LogP contribution in [0.2, 0.25) is 0 Å². The van der Waals surface area contributed by atoms with Gasteiger partial charge < -0.3 is 9.80 Å². The van der Waals surface area contributed by atoms with E-state index >= 15 is 0 Å². The first-order chi connectivity index (χ1) is 13.2. The Morgan fingerprint density at radius 1 is 0.852 bits per heavy atom. The van der Waals surface area contributed by atoms with Gasteiger partial charge >= 0.3 is 0 Å². The summed E-state index contributed by atoms with van der Waals surface area (Å²) >= 11 is 1.65. The highest BCUT2D eigenvalue weighted by Gasteiger charge is 2.25. The number of fused-ring (bicyclic) bond motifs is 1. The maximum absolute atomic E-state index is 12.9. The Kier molecular flexibility index (Phi) is 5.35. The van der Waals surface area contributed by atoms with Crippen LogP contribution in [0.1, 0.15) is 6.92 Å². The van der Waals surface area contributed by atoms with Gasteiger partial charge in [0.05, 0.1) is 5.25 Å². The second-order valence-corrected chi connectivity index (χ2v) is 8.33. The lowest BCUT2D eigenvalue weighted by molar-refractivity contribution is -0.130. The molecule has 4 rings (SSSR count). The molecule has 138 valence electrons. The lowest BCUT2D eigenvalue weighted by Crippen LogP contribution is -2.50. The van der Waals surface area contributed by atoms with Crippen LogP contribution >= 0.6 is 11.8 Å². The standard InChI is InChI=1S/C23H24N2OS/c1-18(27-22-12-11-19-7-5-6-8-20(19)17-22)23(26)25-15-13-24(14-16-25)21-9-3-2-4-10-21/h2-12,17-18H,13-16H2,1H3. The fraction of sp³-hybridized carbons (Fsp3) is 0.261. The molecule has 4 heteroatoms. The van der Waals surface area contributed by atoms with E-state index in [0.717, 1.165) is 31.1 Å². The summed E-state index contributed by atoms with van der Waals surface area (Å²) in [6.07, 6.45) is 0. The molecule has 1 heterocycles. The fourth-order valence-electron chi connectivity index (χ4n) is 3.58. The Morgan fingerprint density at radius 2 is 1.52 bits per heavy atom. The third-order valence-electron chi connectivity index (χ3n) is 5.09. The van der Waals surface area contributed by atoms with E-state index in [1.165, 1.54) is 16.5 Å². The van der Waals surface area contributed by atoms with E-state index in [9.17, 15) is 4.79 Å². The number of para-hydroxylation sites is 1. The van der Waals surface area contributed by atoms with E-state index in [2.05, 4.69) is 71.6 Å². The van der Waals surface area contributed by atoms with Crippen LogP contribution in [0.3, 0.4) is 0 Å². The van der Waals surface area contributed by atoms with Crippen LogP contribution in [0.4, 0.5) is 5.69 Å². The van der Waals surface area contributed by atoms with Crippen molar-refractivity contribution in [2.24, 2.45) is 0 Å². The number of amides is 1. The van der Waals surface area contributed by atoms with Crippen LogP contribution in [-0.4, -0.2) is 42.2 Å². The Bertz CT molecular complexity index is 920. The molecule has 0 saturated carbocycles. The van der Waals surface area contributed by atoms with Crippen molar-refractivity contribution in [1.29, 1.82) is 0 Å². The third-order valence-corrected chi connectivity index (χ3v) is 6.18. The van der Waals surface area contributed by atoms with E-state index in [4.69, 9.17) is 0 Å². The molecular weight excluding hydrogens is 352 g/mol. The average molecular weight is 377 g/mol. The van der Waals surface area contributed by atoms with Crippen LogP contribution in [0.15, 0.2) is 77.7 Å². The quantitative estimate of drug-likeness (QED) is 0.618. The molecule has 1 aliphatic heterocycles. The minimum Gasteiger partial charge on any atom is -0.368 e. The molecule has 0 radical (unpaired) electrons. The monoisotopic (exact) mass is 376 g/mol. The number of carbonyl (C=O) groups excluding carboxylic acids is 1. The van der Waals surface area contributed by atoms with Crippen LogP contribution in [-0.2, 0) is 4.79 Å². The van der Waals surface area contributed by atoms with E-state index in [0.29, 0.717) is 0 Å². The molecule has 0 N–H and O–H groups in total. The second kappa shape index (κ2) is 8.05. The molecule has 1 aliphatic rings. The summed E-state index contributed by atoms with van der Waals surface area (Å²) in [5.74, 6) is 0.237. The fourth-order valence-corrected chi connectivity index (χ4v) is 4.58. The summed E-state index contributed by atoms with van der Waals surface area (Å²) in [5, 5.41) is 2.38. The summed E-state index contributed by atoms with van der Waals surface area (Å²) in [6.45, 7) is 5.38. The van der Waals surface area contributed by atoms with Crippen molar-refractivity contribution < 1.29 is 4.79 Å². The summed E-state index contributed by atoms with van der Waals surface area (Å²) in [6, 6.07) is 25.2. The van der Waals surface area contributed by atoms with Gasteiger partial charge in [0.25, 0.3) is 0 Å². The van der Waals surface area contributed by atoms with Crippen LogP contribution in [0.5, 0.6) is 0 Å². The Morgan fingerprint density at radius 3 is 2.26 bits per heavy atom. The predicted octanol–water partition coefficient (Wildman–Crippen LogP) is 4.67. The molecule has 27 heavy (non-hydrogen) atoms. The number of benzene rings is 3. The van der Waals surface area contributed by atoms with Crippen LogP contribution in [0.25, 0.3) is 10.8 Å². The summed E-state index contributed by atoms with van der Waals surface area (Å²) in [7, 11) is 0. The number of thioether (sulfide) groups is 1. The largest absolute Gasteiger partial charge is 0.368 e. The number of anilines is 1. The highest BCUT2D eigenvalue weighted by molar-refractivity contribution is 8.00. The molecule has 3 nitrogen and oxygen atoms in total. The molecule has 1 atom stereocenters. The zero-order valence-electron chi connectivity index (χ0n) is 15.5. The van der Waals surface area contributed by atoms with Gasteiger partial charge in [0.15, 0.2) is 0 Å².